The first-order valence-corrected chi connectivity index (χ1v) is 5.65. The molecule has 0 unspecified atom stereocenters. The van der Waals surface area contributed by atoms with E-state index in [0.717, 1.165) is 11.3 Å². The zero-order valence-electron chi connectivity index (χ0n) is 10.3. The van der Waals surface area contributed by atoms with Gasteiger partial charge in [0.15, 0.2) is 5.82 Å². The van der Waals surface area contributed by atoms with Crippen molar-refractivity contribution in [1.29, 1.82) is 0 Å². The zero-order valence-corrected chi connectivity index (χ0v) is 10.3. The lowest BCUT2D eigenvalue weighted by atomic mass is 10.2. The molecule has 5 heteroatoms. The van der Waals surface area contributed by atoms with Crippen molar-refractivity contribution in [3.8, 4) is 11.6 Å². The number of pyridine rings is 1. The highest BCUT2D eigenvalue weighted by Gasteiger charge is 2.11. The van der Waals surface area contributed by atoms with E-state index in [0.29, 0.717) is 24.3 Å². The molecule has 90 valence electrons. The van der Waals surface area contributed by atoms with Crippen molar-refractivity contribution in [2.24, 2.45) is 0 Å². The Morgan fingerprint density at radius 2 is 2.24 bits per heavy atom. The van der Waals surface area contributed by atoms with Crippen LogP contribution in [0.1, 0.15) is 25.2 Å². The Labute approximate surface area is 100 Å². The molecule has 0 fully saturated rings. The fourth-order valence-electron chi connectivity index (χ4n) is 1.43. The number of aromatic nitrogens is 3. The van der Waals surface area contributed by atoms with Crippen LogP contribution in [0.3, 0.4) is 0 Å². The number of nitrogens with zero attached hydrogens (tertiary/aromatic N) is 3. The topological polar surface area (TPSA) is 63.8 Å². The van der Waals surface area contributed by atoms with Crippen molar-refractivity contribution < 1.29 is 4.52 Å². The molecule has 0 bridgehead atoms. The van der Waals surface area contributed by atoms with Crippen LogP contribution < -0.4 is 5.32 Å². The second-order valence-corrected chi connectivity index (χ2v) is 4.22. The minimum absolute atomic E-state index is 0.397. The third kappa shape index (κ3) is 2.88. The molecule has 0 radical (unpaired) electrons. The van der Waals surface area contributed by atoms with Gasteiger partial charge in [-0.2, -0.15) is 4.98 Å². The van der Waals surface area contributed by atoms with E-state index < -0.39 is 0 Å². The van der Waals surface area contributed by atoms with Crippen LogP contribution in [0.4, 0.5) is 0 Å². The van der Waals surface area contributed by atoms with E-state index in [-0.39, 0.29) is 0 Å². The molecule has 2 heterocycles. The summed E-state index contributed by atoms with van der Waals surface area (Å²) in [5.74, 6) is 1.13. The Kier molecular flexibility index (Phi) is 3.49. The van der Waals surface area contributed by atoms with Crippen LogP contribution in [-0.2, 0) is 6.54 Å². The van der Waals surface area contributed by atoms with E-state index in [9.17, 15) is 0 Å². The van der Waals surface area contributed by atoms with Crippen LogP contribution in [0.15, 0.2) is 22.9 Å². The van der Waals surface area contributed by atoms with Gasteiger partial charge in [0.25, 0.3) is 5.89 Å². The van der Waals surface area contributed by atoms with Crippen molar-refractivity contribution in [2.45, 2.75) is 33.4 Å². The Morgan fingerprint density at radius 3 is 2.94 bits per heavy atom. The summed E-state index contributed by atoms with van der Waals surface area (Å²) in [5, 5.41) is 7.15. The molecule has 0 aliphatic rings. The summed E-state index contributed by atoms with van der Waals surface area (Å²) >= 11 is 0. The molecule has 2 aromatic heterocycles. The molecule has 0 atom stereocenters. The first-order valence-electron chi connectivity index (χ1n) is 5.65. The van der Waals surface area contributed by atoms with Crippen molar-refractivity contribution in [3.05, 3.63) is 29.7 Å². The third-order valence-corrected chi connectivity index (χ3v) is 2.35. The fraction of sp³-hybridized carbons (Fsp3) is 0.417. The van der Waals surface area contributed by atoms with E-state index in [1.807, 2.05) is 19.1 Å². The molecule has 0 aromatic carbocycles. The second kappa shape index (κ2) is 5.05. The average molecular weight is 232 g/mol. The van der Waals surface area contributed by atoms with Crippen LogP contribution in [0.2, 0.25) is 0 Å². The van der Waals surface area contributed by atoms with E-state index in [1.54, 1.807) is 6.20 Å². The Bertz CT molecular complexity index is 493. The molecule has 0 spiro atoms. The highest BCUT2D eigenvalue weighted by atomic mass is 16.5. The highest BCUT2D eigenvalue weighted by Crippen LogP contribution is 2.17. The van der Waals surface area contributed by atoms with Gasteiger partial charge in [-0.1, -0.05) is 25.1 Å². The lowest BCUT2D eigenvalue weighted by Crippen LogP contribution is -2.22. The highest BCUT2D eigenvalue weighted by molar-refractivity contribution is 5.51. The summed E-state index contributed by atoms with van der Waals surface area (Å²) in [6.45, 7) is 6.72. The number of nitrogens with one attached hydrogen (secondary N) is 1. The third-order valence-electron chi connectivity index (χ3n) is 2.35. The molecule has 0 aliphatic carbocycles. The van der Waals surface area contributed by atoms with Gasteiger partial charge >= 0.3 is 0 Å². The lowest BCUT2D eigenvalue weighted by Gasteiger charge is -2.03. The van der Waals surface area contributed by atoms with Gasteiger partial charge in [0, 0.05) is 12.2 Å². The molecule has 2 aromatic rings. The molecule has 5 nitrogen and oxygen atoms in total. The maximum Gasteiger partial charge on any atom is 0.276 e. The van der Waals surface area contributed by atoms with Crippen molar-refractivity contribution >= 4 is 0 Å². The van der Waals surface area contributed by atoms with Crippen LogP contribution in [0.5, 0.6) is 0 Å². The number of rotatable bonds is 4. The van der Waals surface area contributed by atoms with Gasteiger partial charge in [-0.3, -0.25) is 4.98 Å². The maximum atomic E-state index is 5.20. The van der Waals surface area contributed by atoms with Gasteiger partial charge in [0.2, 0.25) is 0 Å². The van der Waals surface area contributed by atoms with Crippen LogP contribution in [0, 0.1) is 6.92 Å². The van der Waals surface area contributed by atoms with Crippen molar-refractivity contribution in [2.75, 3.05) is 0 Å². The molecular formula is C12H16N4O. The van der Waals surface area contributed by atoms with Gasteiger partial charge < -0.3 is 9.84 Å². The Morgan fingerprint density at radius 1 is 1.41 bits per heavy atom. The molecule has 17 heavy (non-hydrogen) atoms. The molecule has 2 rings (SSSR count). The second-order valence-electron chi connectivity index (χ2n) is 4.22. The van der Waals surface area contributed by atoms with Crippen LogP contribution in [-0.4, -0.2) is 21.2 Å². The molecule has 0 aliphatic heterocycles. The maximum absolute atomic E-state index is 5.20. The molecule has 0 saturated heterocycles. The predicted molar refractivity (Wildman–Crippen MR) is 64.2 cm³/mol. The van der Waals surface area contributed by atoms with Crippen molar-refractivity contribution in [1.82, 2.24) is 20.4 Å². The first kappa shape index (κ1) is 11.7. The van der Waals surface area contributed by atoms with Crippen molar-refractivity contribution in [3.63, 3.8) is 0 Å². The van der Waals surface area contributed by atoms with E-state index in [2.05, 4.69) is 34.3 Å². The predicted octanol–water partition coefficient (Wildman–Crippen LogP) is 1.94. The number of hydrogen-bond donors (Lipinski definition) is 1. The quantitative estimate of drug-likeness (QED) is 0.872. The van der Waals surface area contributed by atoms with Gasteiger partial charge in [-0.15, -0.1) is 0 Å². The number of aryl methyl sites for hydroxylation is 1. The summed E-state index contributed by atoms with van der Waals surface area (Å²) in [6, 6.07) is 4.25. The zero-order chi connectivity index (χ0) is 12.3. The van der Waals surface area contributed by atoms with Gasteiger partial charge in [-0.05, 0) is 18.6 Å². The summed E-state index contributed by atoms with van der Waals surface area (Å²) in [4.78, 5) is 8.55. The van der Waals surface area contributed by atoms with Gasteiger partial charge in [0.05, 0.1) is 6.54 Å². The van der Waals surface area contributed by atoms with Gasteiger partial charge in [-0.25, -0.2) is 0 Å². The van der Waals surface area contributed by atoms with Crippen LogP contribution >= 0.6 is 0 Å². The summed E-state index contributed by atoms with van der Waals surface area (Å²) in [5.41, 5.74) is 1.77. The van der Waals surface area contributed by atoms with Crippen LogP contribution in [0.25, 0.3) is 11.6 Å². The fourth-order valence-corrected chi connectivity index (χ4v) is 1.43. The molecule has 0 amide bonds. The lowest BCUT2D eigenvalue weighted by molar-refractivity contribution is 0.416. The molecular weight excluding hydrogens is 216 g/mol. The largest absolute Gasteiger partial charge is 0.332 e. The van der Waals surface area contributed by atoms with E-state index >= 15 is 0 Å². The Balaban J connectivity index is 2.16. The minimum Gasteiger partial charge on any atom is -0.332 e. The van der Waals surface area contributed by atoms with E-state index in [4.69, 9.17) is 4.52 Å². The smallest absolute Gasteiger partial charge is 0.276 e. The standard InChI is InChI=1S/C12H16N4O/c1-8(2)14-7-10-15-12(17-16-10)11-9(3)5-4-6-13-11/h4-6,8,14H,7H2,1-3H3. The summed E-state index contributed by atoms with van der Waals surface area (Å²) in [7, 11) is 0. The summed E-state index contributed by atoms with van der Waals surface area (Å²) in [6.07, 6.45) is 1.72. The molecule has 0 saturated carbocycles. The summed E-state index contributed by atoms with van der Waals surface area (Å²) < 4.78 is 5.20. The molecule has 1 N–H and O–H groups in total. The average Bonchev–Trinajstić information content (AvgIpc) is 2.75. The minimum atomic E-state index is 0.397. The normalized spacial score (nSPS) is 11.1. The monoisotopic (exact) mass is 232 g/mol. The van der Waals surface area contributed by atoms with E-state index in [1.165, 1.54) is 0 Å². The number of hydrogen-bond acceptors (Lipinski definition) is 5. The van der Waals surface area contributed by atoms with Gasteiger partial charge in [0.1, 0.15) is 5.69 Å². The first-order chi connectivity index (χ1) is 8.16. The SMILES string of the molecule is Cc1cccnc1-c1nc(CNC(C)C)no1. The Hall–Kier alpha value is -1.75.